The smallest absolute Gasteiger partial charge is 0.0431 e. The van der Waals surface area contributed by atoms with Gasteiger partial charge in [-0.1, -0.05) is 36.0 Å². The number of allylic oxidation sites excluding steroid dienone is 1. The zero-order valence-corrected chi connectivity index (χ0v) is 12.2. The Morgan fingerprint density at radius 2 is 1.95 bits per heavy atom. The molecule has 0 unspecified atom stereocenters. The zero-order chi connectivity index (χ0) is 14.0. The van der Waals surface area contributed by atoms with Gasteiger partial charge >= 0.3 is 0 Å². The minimum atomic E-state index is 0.260. The predicted molar refractivity (Wildman–Crippen MR) is 85.4 cm³/mol. The number of pyridine rings is 1. The summed E-state index contributed by atoms with van der Waals surface area (Å²) in [6.07, 6.45) is 8.67. The van der Waals surface area contributed by atoms with Crippen LogP contribution in [-0.2, 0) is 0 Å². The molecule has 104 valence electrons. The van der Waals surface area contributed by atoms with Gasteiger partial charge in [0.15, 0.2) is 0 Å². The van der Waals surface area contributed by atoms with Crippen molar-refractivity contribution in [3.05, 3.63) is 65.3 Å². The van der Waals surface area contributed by atoms with E-state index in [-0.39, 0.29) is 6.61 Å². The molecule has 2 nitrogen and oxygen atoms in total. The average molecular weight is 285 g/mol. The number of thioether (sulfide) groups is 1. The van der Waals surface area contributed by atoms with Gasteiger partial charge in [-0.25, -0.2) is 0 Å². The molecule has 0 aliphatic carbocycles. The van der Waals surface area contributed by atoms with Crippen LogP contribution in [0.3, 0.4) is 0 Å². The van der Waals surface area contributed by atoms with Gasteiger partial charge in [-0.3, -0.25) is 4.98 Å². The van der Waals surface area contributed by atoms with E-state index in [1.165, 1.54) is 9.80 Å². The first-order valence-corrected chi connectivity index (χ1v) is 7.64. The molecule has 2 rings (SSSR count). The van der Waals surface area contributed by atoms with Crippen molar-refractivity contribution in [3.8, 4) is 0 Å². The molecule has 1 heterocycles. The standard InChI is InChI=1S/C17H19NOS/c19-12-5-4-10-17(13-15-7-6-11-18-14-15)20-16-8-2-1-3-9-16/h1-3,6-9,11,13-14,19H,4-5,10,12H2. The average Bonchev–Trinajstić information content (AvgIpc) is 2.49. The molecule has 0 amide bonds. The number of benzene rings is 1. The fourth-order valence-electron chi connectivity index (χ4n) is 1.85. The summed E-state index contributed by atoms with van der Waals surface area (Å²) >= 11 is 1.79. The lowest BCUT2D eigenvalue weighted by Crippen LogP contribution is -1.86. The number of hydrogen-bond donors (Lipinski definition) is 1. The molecule has 0 spiro atoms. The first-order chi connectivity index (χ1) is 9.88. The predicted octanol–water partition coefficient (Wildman–Crippen LogP) is 4.38. The highest BCUT2D eigenvalue weighted by atomic mass is 32.2. The second-order valence-corrected chi connectivity index (χ2v) is 5.69. The molecule has 20 heavy (non-hydrogen) atoms. The second kappa shape index (κ2) is 8.56. The fraction of sp³-hybridized carbons (Fsp3) is 0.235. The van der Waals surface area contributed by atoms with E-state index >= 15 is 0 Å². The van der Waals surface area contributed by atoms with E-state index in [1.54, 1.807) is 18.0 Å². The van der Waals surface area contributed by atoms with Gasteiger partial charge in [0.2, 0.25) is 0 Å². The van der Waals surface area contributed by atoms with E-state index in [0.717, 1.165) is 24.8 Å². The number of nitrogens with zero attached hydrogens (tertiary/aromatic N) is 1. The molecule has 2 aromatic rings. The molecular weight excluding hydrogens is 266 g/mol. The van der Waals surface area contributed by atoms with Gasteiger partial charge in [0.25, 0.3) is 0 Å². The Labute approximate surface area is 124 Å². The maximum atomic E-state index is 8.92. The van der Waals surface area contributed by atoms with E-state index in [9.17, 15) is 0 Å². The van der Waals surface area contributed by atoms with Crippen molar-refractivity contribution >= 4 is 17.8 Å². The van der Waals surface area contributed by atoms with Crippen molar-refractivity contribution < 1.29 is 5.11 Å². The number of aliphatic hydroxyl groups excluding tert-OH is 1. The van der Waals surface area contributed by atoms with Crippen LogP contribution < -0.4 is 0 Å². The van der Waals surface area contributed by atoms with E-state index in [2.05, 4.69) is 41.4 Å². The summed E-state index contributed by atoms with van der Waals surface area (Å²) < 4.78 is 0. The van der Waals surface area contributed by atoms with Gasteiger partial charge in [0, 0.05) is 23.9 Å². The molecule has 0 saturated heterocycles. The second-order valence-electron chi connectivity index (χ2n) is 4.49. The first kappa shape index (κ1) is 14.8. The highest BCUT2D eigenvalue weighted by molar-refractivity contribution is 8.03. The molecule has 0 fully saturated rings. The number of aromatic nitrogens is 1. The van der Waals surface area contributed by atoms with Gasteiger partial charge in [-0.2, -0.15) is 0 Å². The summed E-state index contributed by atoms with van der Waals surface area (Å²) in [5, 5.41) is 8.92. The van der Waals surface area contributed by atoms with Gasteiger partial charge in [-0.05, 0) is 54.0 Å². The summed E-state index contributed by atoms with van der Waals surface area (Å²) in [5.41, 5.74) is 1.12. The number of unbranched alkanes of at least 4 members (excludes halogenated alkanes) is 1. The molecule has 1 aromatic heterocycles. The SMILES string of the molecule is OCCCCC(=Cc1cccnc1)Sc1ccccc1. The van der Waals surface area contributed by atoms with Crippen LogP contribution in [0.15, 0.2) is 64.7 Å². The molecule has 0 bridgehead atoms. The zero-order valence-electron chi connectivity index (χ0n) is 11.4. The number of rotatable bonds is 7. The first-order valence-electron chi connectivity index (χ1n) is 6.83. The Hall–Kier alpha value is -1.58. The summed E-state index contributed by atoms with van der Waals surface area (Å²) in [6, 6.07) is 14.4. The minimum absolute atomic E-state index is 0.260. The van der Waals surface area contributed by atoms with Crippen molar-refractivity contribution in [1.82, 2.24) is 4.98 Å². The van der Waals surface area contributed by atoms with Crippen LogP contribution in [0.4, 0.5) is 0 Å². The van der Waals surface area contributed by atoms with E-state index in [4.69, 9.17) is 5.11 Å². The Kier molecular flexibility index (Phi) is 6.35. The van der Waals surface area contributed by atoms with Crippen LogP contribution in [0, 0.1) is 0 Å². The molecular formula is C17H19NOS. The molecule has 0 radical (unpaired) electrons. The van der Waals surface area contributed by atoms with Gasteiger partial charge in [0.05, 0.1) is 0 Å². The third kappa shape index (κ3) is 5.19. The van der Waals surface area contributed by atoms with E-state index < -0.39 is 0 Å². The van der Waals surface area contributed by atoms with Crippen LogP contribution in [0.25, 0.3) is 6.08 Å². The summed E-state index contributed by atoms with van der Waals surface area (Å²) in [5.74, 6) is 0. The topological polar surface area (TPSA) is 33.1 Å². The van der Waals surface area contributed by atoms with Gasteiger partial charge in [-0.15, -0.1) is 0 Å². The molecule has 0 saturated carbocycles. The quantitative estimate of drug-likeness (QED) is 0.605. The fourth-order valence-corrected chi connectivity index (χ4v) is 2.89. The molecule has 0 aliphatic heterocycles. The lowest BCUT2D eigenvalue weighted by molar-refractivity contribution is 0.285. The molecule has 1 aromatic carbocycles. The lowest BCUT2D eigenvalue weighted by atomic mass is 10.2. The van der Waals surface area contributed by atoms with Crippen molar-refractivity contribution in [2.24, 2.45) is 0 Å². The molecule has 0 aliphatic rings. The van der Waals surface area contributed by atoms with Crippen molar-refractivity contribution in [2.75, 3.05) is 6.61 Å². The molecule has 0 atom stereocenters. The van der Waals surface area contributed by atoms with E-state index in [1.807, 2.05) is 18.3 Å². The summed E-state index contributed by atoms with van der Waals surface area (Å²) in [6.45, 7) is 0.260. The maximum Gasteiger partial charge on any atom is 0.0431 e. The molecule has 3 heteroatoms. The summed E-state index contributed by atoms with van der Waals surface area (Å²) in [7, 11) is 0. The third-order valence-corrected chi connectivity index (χ3v) is 3.93. The van der Waals surface area contributed by atoms with E-state index in [0.29, 0.717) is 0 Å². The van der Waals surface area contributed by atoms with Gasteiger partial charge < -0.3 is 5.11 Å². The highest BCUT2D eigenvalue weighted by Gasteiger charge is 2.02. The van der Waals surface area contributed by atoms with Crippen molar-refractivity contribution in [2.45, 2.75) is 24.2 Å². The maximum absolute atomic E-state index is 8.92. The van der Waals surface area contributed by atoms with Gasteiger partial charge in [0.1, 0.15) is 0 Å². The minimum Gasteiger partial charge on any atom is -0.396 e. The third-order valence-electron chi connectivity index (χ3n) is 2.84. The normalized spacial score (nSPS) is 11.6. The Bertz CT molecular complexity index is 525. The largest absolute Gasteiger partial charge is 0.396 e. The Balaban J connectivity index is 2.10. The number of aliphatic hydroxyl groups is 1. The van der Waals surface area contributed by atoms with Crippen LogP contribution >= 0.6 is 11.8 Å². The van der Waals surface area contributed by atoms with Crippen LogP contribution in [0.5, 0.6) is 0 Å². The Morgan fingerprint density at radius 3 is 2.65 bits per heavy atom. The number of hydrogen-bond acceptors (Lipinski definition) is 3. The monoisotopic (exact) mass is 285 g/mol. The van der Waals surface area contributed by atoms with Crippen LogP contribution in [-0.4, -0.2) is 16.7 Å². The Morgan fingerprint density at radius 1 is 1.10 bits per heavy atom. The highest BCUT2D eigenvalue weighted by Crippen LogP contribution is 2.31. The van der Waals surface area contributed by atoms with Crippen LogP contribution in [0.1, 0.15) is 24.8 Å². The van der Waals surface area contributed by atoms with Crippen LogP contribution in [0.2, 0.25) is 0 Å². The lowest BCUT2D eigenvalue weighted by Gasteiger charge is -2.07. The molecule has 1 N–H and O–H groups in total. The van der Waals surface area contributed by atoms with Crippen molar-refractivity contribution in [3.63, 3.8) is 0 Å². The van der Waals surface area contributed by atoms with Crippen molar-refractivity contribution in [1.29, 1.82) is 0 Å². The summed E-state index contributed by atoms with van der Waals surface area (Å²) in [4.78, 5) is 6.69.